The van der Waals surface area contributed by atoms with Crippen LogP contribution in [-0.4, -0.2) is 33.3 Å². The molecule has 3 aromatic rings. The van der Waals surface area contributed by atoms with E-state index in [-0.39, 0.29) is 11.9 Å². The lowest BCUT2D eigenvalue weighted by atomic mass is 9.97. The number of hydrogen-bond acceptors (Lipinski definition) is 5. The first-order valence-electron chi connectivity index (χ1n) is 11.1. The smallest absolute Gasteiger partial charge is 0.252 e. The van der Waals surface area contributed by atoms with Crippen LogP contribution in [-0.2, 0) is 12.8 Å². The van der Waals surface area contributed by atoms with Crippen molar-refractivity contribution in [1.82, 2.24) is 5.32 Å². The monoisotopic (exact) mass is 447 g/mol. The highest BCUT2D eigenvalue weighted by molar-refractivity contribution is 5.96. The van der Waals surface area contributed by atoms with Gasteiger partial charge in [-0.3, -0.25) is 4.79 Å². The molecule has 4 rings (SSSR count). The van der Waals surface area contributed by atoms with Gasteiger partial charge in [-0.1, -0.05) is 31.2 Å². The van der Waals surface area contributed by atoms with Gasteiger partial charge in [-0.05, 0) is 65.9 Å². The zero-order chi connectivity index (χ0) is 23.2. The van der Waals surface area contributed by atoms with Crippen LogP contribution in [0.3, 0.4) is 0 Å². The third kappa shape index (κ3) is 5.22. The van der Waals surface area contributed by atoms with E-state index in [9.17, 15) is 4.79 Å². The molecule has 172 valence electrons. The fourth-order valence-corrected chi connectivity index (χ4v) is 3.96. The summed E-state index contributed by atoms with van der Waals surface area (Å²) in [6.45, 7) is 3.02. The summed E-state index contributed by atoms with van der Waals surface area (Å²) in [5, 5.41) is 3.24. The largest absolute Gasteiger partial charge is 0.497 e. The Morgan fingerprint density at radius 3 is 2.06 bits per heavy atom. The van der Waals surface area contributed by atoms with E-state index in [0.29, 0.717) is 43.1 Å². The van der Waals surface area contributed by atoms with E-state index >= 15 is 0 Å². The summed E-state index contributed by atoms with van der Waals surface area (Å²) in [6.07, 6.45) is 1.35. The summed E-state index contributed by atoms with van der Waals surface area (Å²) in [4.78, 5) is 13.5. The molecular formula is C27H29NO5. The number of nitrogens with one attached hydrogen (secondary N) is 1. The van der Waals surface area contributed by atoms with Crippen LogP contribution in [0.1, 0.15) is 40.0 Å². The van der Waals surface area contributed by atoms with Crippen molar-refractivity contribution in [2.45, 2.75) is 25.8 Å². The summed E-state index contributed by atoms with van der Waals surface area (Å²) in [6, 6.07) is 19.2. The van der Waals surface area contributed by atoms with Gasteiger partial charge < -0.3 is 24.3 Å². The lowest BCUT2D eigenvalue weighted by molar-refractivity contribution is 0.0934. The predicted octanol–water partition coefficient (Wildman–Crippen LogP) is 4.75. The Labute approximate surface area is 194 Å². The average Bonchev–Trinajstić information content (AvgIpc) is 2.87. The Morgan fingerprint density at radius 2 is 1.48 bits per heavy atom. The van der Waals surface area contributed by atoms with Crippen LogP contribution in [0.5, 0.6) is 23.0 Å². The molecule has 1 aliphatic heterocycles. The summed E-state index contributed by atoms with van der Waals surface area (Å²) >= 11 is 0. The zero-order valence-electron chi connectivity index (χ0n) is 19.2. The van der Waals surface area contributed by atoms with E-state index in [1.54, 1.807) is 20.3 Å². The molecule has 6 heteroatoms. The van der Waals surface area contributed by atoms with Crippen molar-refractivity contribution in [3.05, 3.63) is 82.9 Å². The summed E-state index contributed by atoms with van der Waals surface area (Å²) in [5.41, 5.74) is 3.62. The maximum Gasteiger partial charge on any atom is 0.252 e. The Hall–Kier alpha value is -3.67. The van der Waals surface area contributed by atoms with Crippen LogP contribution in [0.2, 0.25) is 0 Å². The van der Waals surface area contributed by atoms with Crippen molar-refractivity contribution in [2.24, 2.45) is 0 Å². The second kappa shape index (κ2) is 10.3. The Bertz CT molecular complexity index is 1090. The molecule has 0 saturated heterocycles. The second-order valence-corrected chi connectivity index (χ2v) is 7.86. The summed E-state index contributed by atoms with van der Waals surface area (Å²) in [7, 11) is 3.29. The number of carbonyl (C=O) groups excluding carboxylic acids is 1. The molecule has 1 unspecified atom stereocenters. The first kappa shape index (κ1) is 22.5. The molecule has 1 atom stereocenters. The molecule has 0 aromatic heterocycles. The molecule has 0 spiro atoms. The van der Waals surface area contributed by atoms with Gasteiger partial charge in [0.1, 0.15) is 24.7 Å². The van der Waals surface area contributed by atoms with Crippen molar-refractivity contribution in [3.63, 3.8) is 0 Å². The van der Waals surface area contributed by atoms with Gasteiger partial charge in [0.05, 0.1) is 20.3 Å². The minimum absolute atomic E-state index is 0.141. The number of fused-ring (bicyclic) bond motifs is 1. The molecule has 1 amide bonds. The Kier molecular flexibility index (Phi) is 7.03. The number of benzene rings is 3. The van der Waals surface area contributed by atoms with E-state index in [0.717, 1.165) is 28.2 Å². The van der Waals surface area contributed by atoms with Crippen LogP contribution in [0.15, 0.2) is 60.7 Å². The molecule has 0 saturated carbocycles. The maximum absolute atomic E-state index is 13.5. The number of methoxy groups -OCH3 is 2. The first-order valence-corrected chi connectivity index (χ1v) is 11.1. The molecule has 1 heterocycles. The van der Waals surface area contributed by atoms with Crippen molar-refractivity contribution < 1.29 is 23.7 Å². The highest BCUT2D eigenvalue weighted by Gasteiger charge is 2.22. The maximum atomic E-state index is 13.5. The third-order valence-corrected chi connectivity index (χ3v) is 5.82. The molecule has 6 nitrogen and oxygen atoms in total. The van der Waals surface area contributed by atoms with Gasteiger partial charge in [0.15, 0.2) is 11.5 Å². The van der Waals surface area contributed by atoms with Crippen molar-refractivity contribution >= 4 is 5.91 Å². The predicted molar refractivity (Wildman–Crippen MR) is 127 cm³/mol. The highest BCUT2D eigenvalue weighted by Crippen LogP contribution is 2.34. The van der Waals surface area contributed by atoms with Gasteiger partial charge in [0.2, 0.25) is 0 Å². The van der Waals surface area contributed by atoms with Crippen molar-refractivity contribution in [1.29, 1.82) is 0 Å². The lowest BCUT2D eigenvalue weighted by Gasteiger charge is -2.23. The minimum Gasteiger partial charge on any atom is -0.497 e. The molecule has 1 N–H and O–H groups in total. The third-order valence-electron chi connectivity index (χ3n) is 5.82. The Balaban J connectivity index is 1.63. The fourth-order valence-electron chi connectivity index (χ4n) is 3.96. The van der Waals surface area contributed by atoms with Gasteiger partial charge in [0.25, 0.3) is 5.91 Å². The standard InChI is InChI=1S/C27H29NO5/c1-4-19-16-25-26(33-14-13-32-25)17-23(19)27(29)28-24(20-7-11-22(31-3)12-8-20)15-18-5-9-21(30-2)10-6-18/h5-12,16-17,24H,4,13-15H2,1-3H3,(H,28,29). The molecule has 0 bridgehead atoms. The van der Waals surface area contributed by atoms with Gasteiger partial charge in [-0.15, -0.1) is 0 Å². The van der Waals surface area contributed by atoms with Crippen LogP contribution in [0.4, 0.5) is 0 Å². The van der Waals surface area contributed by atoms with Crippen LogP contribution in [0, 0.1) is 0 Å². The Morgan fingerprint density at radius 1 is 0.909 bits per heavy atom. The number of carbonyl (C=O) groups is 1. The molecule has 3 aromatic carbocycles. The molecule has 0 aliphatic carbocycles. The number of amides is 1. The van der Waals surface area contributed by atoms with E-state index in [4.69, 9.17) is 18.9 Å². The van der Waals surface area contributed by atoms with E-state index in [1.807, 2.05) is 61.5 Å². The average molecular weight is 448 g/mol. The number of hydrogen-bond donors (Lipinski definition) is 1. The minimum atomic E-state index is -0.227. The number of ether oxygens (including phenoxy) is 4. The van der Waals surface area contributed by atoms with E-state index < -0.39 is 0 Å². The van der Waals surface area contributed by atoms with Gasteiger partial charge in [0, 0.05) is 5.56 Å². The quantitative estimate of drug-likeness (QED) is 0.540. The molecule has 1 aliphatic rings. The number of rotatable bonds is 8. The lowest BCUT2D eigenvalue weighted by Crippen LogP contribution is -2.31. The SMILES string of the molecule is CCc1cc2c(cc1C(=O)NC(Cc1ccc(OC)cc1)c1ccc(OC)cc1)OCCO2. The molecule has 33 heavy (non-hydrogen) atoms. The van der Waals surface area contributed by atoms with Crippen LogP contribution in [0.25, 0.3) is 0 Å². The summed E-state index contributed by atoms with van der Waals surface area (Å²) in [5.74, 6) is 2.73. The first-order chi connectivity index (χ1) is 16.1. The molecule has 0 fully saturated rings. The normalized spacial score (nSPS) is 13.2. The second-order valence-electron chi connectivity index (χ2n) is 7.86. The van der Waals surface area contributed by atoms with E-state index in [1.165, 1.54) is 0 Å². The summed E-state index contributed by atoms with van der Waals surface area (Å²) < 4.78 is 22.0. The van der Waals surface area contributed by atoms with Crippen molar-refractivity contribution in [2.75, 3.05) is 27.4 Å². The van der Waals surface area contributed by atoms with Gasteiger partial charge >= 0.3 is 0 Å². The molecule has 0 radical (unpaired) electrons. The van der Waals surface area contributed by atoms with Crippen LogP contribution < -0.4 is 24.3 Å². The van der Waals surface area contributed by atoms with Gasteiger partial charge in [-0.2, -0.15) is 0 Å². The molecular weight excluding hydrogens is 418 g/mol. The number of aryl methyl sites for hydroxylation is 1. The van der Waals surface area contributed by atoms with Crippen LogP contribution >= 0.6 is 0 Å². The van der Waals surface area contributed by atoms with Crippen molar-refractivity contribution in [3.8, 4) is 23.0 Å². The van der Waals surface area contributed by atoms with E-state index in [2.05, 4.69) is 5.32 Å². The topological polar surface area (TPSA) is 66.0 Å². The fraction of sp³-hybridized carbons (Fsp3) is 0.296. The highest BCUT2D eigenvalue weighted by atomic mass is 16.6. The van der Waals surface area contributed by atoms with Gasteiger partial charge in [-0.25, -0.2) is 0 Å². The zero-order valence-corrected chi connectivity index (χ0v) is 19.2.